The summed E-state index contributed by atoms with van der Waals surface area (Å²) in [6.45, 7) is 11.5. The second-order valence-electron chi connectivity index (χ2n) is 2.59. The molecular weight excluding hydrogens is 96.1 g/mol. The van der Waals surface area contributed by atoms with Crippen LogP contribution in [0.25, 0.3) is 0 Å². The molecule has 0 N–H and O–H groups in total. The zero-order valence-electron chi connectivity index (χ0n) is 5.70. The van der Waals surface area contributed by atoms with E-state index >= 15 is 0 Å². The zero-order valence-corrected chi connectivity index (χ0v) is 5.70. The maximum absolute atomic E-state index is 3.78. The Balaban J connectivity index is 3.90. The number of allylic oxidation sites excluding steroid dienone is 1. The van der Waals surface area contributed by atoms with Gasteiger partial charge in [-0.1, -0.05) is 27.4 Å². The van der Waals surface area contributed by atoms with Crippen LogP contribution in [0.15, 0.2) is 18.4 Å². The SMILES string of the molecule is [CH2]CC(C)(C)C=C=C. The molecule has 8 heavy (non-hydrogen) atoms. The van der Waals surface area contributed by atoms with Gasteiger partial charge in [0.2, 0.25) is 0 Å². The van der Waals surface area contributed by atoms with Gasteiger partial charge in [0.25, 0.3) is 0 Å². The molecule has 45 valence electrons. The average Bonchev–Trinajstić information content (AvgIpc) is 1.67. The van der Waals surface area contributed by atoms with Gasteiger partial charge in [-0.25, -0.2) is 0 Å². The molecular formula is C8H13. The molecule has 0 aromatic rings. The minimum absolute atomic E-state index is 0.182. The first-order valence-corrected chi connectivity index (χ1v) is 2.78. The summed E-state index contributed by atoms with van der Waals surface area (Å²) in [5.74, 6) is 0. The van der Waals surface area contributed by atoms with Crippen molar-refractivity contribution < 1.29 is 0 Å². The summed E-state index contributed by atoms with van der Waals surface area (Å²) in [4.78, 5) is 0. The van der Waals surface area contributed by atoms with E-state index < -0.39 is 0 Å². The Morgan fingerprint density at radius 2 is 2.12 bits per heavy atom. The van der Waals surface area contributed by atoms with E-state index in [0.29, 0.717) is 0 Å². The molecule has 0 unspecified atom stereocenters. The quantitative estimate of drug-likeness (QED) is 0.478. The highest BCUT2D eigenvalue weighted by atomic mass is 14.1. The fourth-order valence-electron chi connectivity index (χ4n) is 0.348. The summed E-state index contributed by atoms with van der Waals surface area (Å²) in [7, 11) is 0. The van der Waals surface area contributed by atoms with Crippen molar-refractivity contribution >= 4 is 0 Å². The predicted octanol–water partition coefficient (Wildman–Crippen LogP) is 2.58. The van der Waals surface area contributed by atoms with Gasteiger partial charge >= 0.3 is 0 Å². The lowest BCUT2D eigenvalue weighted by atomic mass is 9.91. The summed E-state index contributed by atoms with van der Waals surface area (Å²) in [5.41, 5.74) is 2.93. The molecule has 0 saturated heterocycles. The van der Waals surface area contributed by atoms with Gasteiger partial charge in [-0.05, 0) is 17.9 Å². The maximum Gasteiger partial charge on any atom is -0.00993 e. The van der Waals surface area contributed by atoms with Crippen molar-refractivity contribution in [1.82, 2.24) is 0 Å². The minimum atomic E-state index is 0.182. The van der Waals surface area contributed by atoms with Gasteiger partial charge in [-0.3, -0.25) is 0 Å². The van der Waals surface area contributed by atoms with Crippen LogP contribution in [0.2, 0.25) is 0 Å². The molecule has 0 saturated carbocycles. The molecule has 0 aliphatic rings. The summed E-state index contributed by atoms with van der Waals surface area (Å²) >= 11 is 0. The zero-order chi connectivity index (χ0) is 6.62. The van der Waals surface area contributed by atoms with Crippen molar-refractivity contribution in [3.05, 3.63) is 25.3 Å². The number of hydrogen-bond donors (Lipinski definition) is 0. The van der Waals surface area contributed by atoms with Crippen molar-refractivity contribution in [2.45, 2.75) is 20.3 Å². The molecule has 0 amide bonds. The molecule has 0 aromatic carbocycles. The molecule has 0 bridgehead atoms. The van der Waals surface area contributed by atoms with Crippen molar-refractivity contribution in [2.24, 2.45) is 5.41 Å². The van der Waals surface area contributed by atoms with Crippen molar-refractivity contribution in [3.8, 4) is 0 Å². The first-order valence-electron chi connectivity index (χ1n) is 2.78. The Labute approximate surface area is 51.9 Å². The fourth-order valence-corrected chi connectivity index (χ4v) is 0.348. The average molecular weight is 109 g/mol. The highest BCUT2D eigenvalue weighted by Gasteiger charge is 2.08. The predicted molar refractivity (Wildman–Crippen MR) is 37.5 cm³/mol. The van der Waals surface area contributed by atoms with Gasteiger partial charge in [0.1, 0.15) is 0 Å². The van der Waals surface area contributed by atoms with Gasteiger partial charge in [0.05, 0.1) is 0 Å². The molecule has 0 heteroatoms. The molecule has 0 rings (SSSR count). The molecule has 0 aliphatic heterocycles. The molecule has 0 spiro atoms. The Bertz CT molecular complexity index is 103. The van der Waals surface area contributed by atoms with Gasteiger partial charge < -0.3 is 0 Å². The largest absolute Gasteiger partial charge is 0.133 e. The van der Waals surface area contributed by atoms with Gasteiger partial charge in [-0.2, -0.15) is 0 Å². The fraction of sp³-hybridized carbons (Fsp3) is 0.500. The smallest absolute Gasteiger partial charge is 0.00993 e. The van der Waals surface area contributed by atoms with E-state index in [1.165, 1.54) is 0 Å². The molecule has 1 radical (unpaired) electrons. The minimum Gasteiger partial charge on any atom is -0.133 e. The van der Waals surface area contributed by atoms with Crippen LogP contribution in [0.1, 0.15) is 20.3 Å². The standard InChI is InChI=1S/C8H13/c1-5-7-8(3,4)6-2/h7H,1-2,6H2,3-4H3. The first-order chi connectivity index (χ1) is 3.62. The monoisotopic (exact) mass is 109 g/mol. The van der Waals surface area contributed by atoms with Crippen LogP contribution in [0.3, 0.4) is 0 Å². The normalized spacial score (nSPS) is 10.4. The van der Waals surface area contributed by atoms with Crippen molar-refractivity contribution in [3.63, 3.8) is 0 Å². The van der Waals surface area contributed by atoms with E-state index in [2.05, 4.69) is 33.1 Å². The Morgan fingerprint density at radius 3 is 2.25 bits per heavy atom. The van der Waals surface area contributed by atoms with Crippen LogP contribution in [0.4, 0.5) is 0 Å². The van der Waals surface area contributed by atoms with Crippen LogP contribution in [-0.4, -0.2) is 0 Å². The lowest BCUT2D eigenvalue weighted by Gasteiger charge is -2.14. The summed E-state index contributed by atoms with van der Waals surface area (Å²) in [6, 6.07) is 0. The molecule has 0 aromatic heterocycles. The molecule has 0 nitrogen and oxygen atoms in total. The second-order valence-corrected chi connectivity index (χ2v) is 2.59. The summed E-state index contributed by atoms with van der Waals surface area (Å²) in [6.07, 6.45) is 2.84. The van der Waals surface area contributed by atoms with E-state index in [0.717, 1.165) is 6.42 Å². The highest BCUT2D eigenvalue weighted by molar-refractivity contribution is 4.91. The van der Waals surface area contributed by atoms with Crippen LogP contribution < -0.4 is 0 Å². The van der Waals surface area contributed by atoms with Gasteiger partial charge in [0.15, 0.2) is 0 Å². The van der Waals surface area contributed by atoms with Gasteiger partial charge in [0, 0.05) is 0 Å². The summed E-state index contributed by atoms with van der Waals surface area (Å²) in [5, 5.41) is 0. The molecule has 0 heterocycles. The van der Waals surface area contributed by atoms with Crippen LogP contribution >= 0.6 is 0 Å². The molecule has 0 atom stereocenters. The molecule has 0 fully saturated rings. The lowest BCUT2D eigenvalue weighted by molar-refractivity contribution is 0.487. The van der Waals surface area contributed by atoms with Crippen molar-refractivity contribution in [2.75, 3.05) is 0 Å². The third-order valence-corrected chi connectivity index (χ3v) is 1.14. The van der Waals surface area contributed by atoms with E-state index in [1.807, 2.05) is 6.08 Å². The topological polar surface area (TPSA) is 0 Å². The third kappa shape index (κ3) is 2.65. The van der Waals surface area contributed by atoms with Crippen molar-refractivity contribution in [1.29, 1.82) is 0 Å². The maximum atomic E-state index is 3.78. The Hall–Kier alpha value is -0.480. The lowest BCUT2D eigenvalue weighted by Crippen LogP contribution is -2.03. The van der Waals surface area contributed by atoms with Crippen LogP contribution in [0, 0.1) is 12.3 Å². The molecule has 0 aliphatic carbocycles. The number of hydrogen-bond acceptors (Lipinski definition) is 0. The van der Waals surface area contributed by atoms with E-state index in [4.69, 9.17) is 0 Å². The number of rotatable bonds is 2. The van der Waals surface area contributed by atoms with E-state index in [9.17, 15) is 0 Å². The van der Waals surface area contributed by atoms with Gasteiger partial charge in [-0.15, -0.1) is 5.73 Å². The first kappa shape index (κ1) is 7.52. The Morgan fingerprint density at radius 1 is 1.62 bits per heavy atom. The second kappa shape index (κ2) is 2.74. The van der Waals surface area contributed by atoms with E-state index in [1.54, 1.807) is 0 Å². The van der Waals surface area contributed by atoms with Crippen LogP contribution in [-0.2, 0) is 0 Å². The third-order valence-electron chi connectivity index (χ3n) is 1.14. The Kier molecular flexibility index (Phi) is 2.57. The van der Waals surface area contributed by atoms with E-state index in [-0.39, 0.29) is 5.41 Å². The van der Waals surface area contributed by atoms with Crippen LogP contribution in [0.5, 0.6) is 0 Å². The highest BCUT2D eigenvalue weighted by Crippen LogP contribution is 2.19. The summed E-state index contributed by atoms with van der Waals surface area (Å²) < 4.78 is 0.